The second-order valence-electron chi connectivity index (χ2n) is 9.35. The second kappa shape index (κ2) is 12.6. The van der Waals surface area contributed by atoms with Crippen LogP contribution in [0.15, 0.2) is 43.0 Å². The van der Waals surface area contributed by atoms with Crippen molar-refractivity contribution in [3.8, 4) is 11.1 Å². The molecule has 2 aromatic heterocycles. The summed E-state index contributed by atoms with van der Waals surface area (Å²) >= 11 is 0. The van der Waals surface area contributed by atoms with E-state index in [9.17, 15) is 4.79 Å². The number of benzene rings is 1. The van der Waals surface area contributed by atoms with Crippen LogP contribution in [0.2, 0.25) is 0 Å². The lowest BCUT2D eigenvalue weighted by molar-refractivity contribution is -0.119. The van der Waals surface area contributed by atoms with Gasteiger partial charge in [0.15, 0.2) is 11.6 Å². The van der Waals surface area contributed by atoms with Crippen LogP contribution in [0.5, 0.6) is 0 Å². The number of likely N-dealkylation sites (tertiary alicyclic amines) is 1. The van der Waals surface area contributed by atoms with E-state index in [1.54, 1.807) is 10.9 Å². The molecule has 198 valence electrons. The van der Waals surface area contributed by atoms with Crippen LogP contribution in [-0.4, -0.2) is 75.0 Å². The third kappa shape index (κ3) is 7.01. The first-order valence-electron chi connectivity index (χ1n) is 12.7. The van der Waals surface area contributed by atoms with Crippen LogP contribution >= 0.6 is 0 Å². The molecule has 4 rings (SSSR count). The molecule has 10 nitrogen and oxygen atoms in total. The molecule has 1 aliphatic heterocycles. The monoisotopic (exact) mass is 510 g/mol. The number of nitrogens with one attached hydrogen (secondary N) is 1. The number of nitrogens with two attached hydrogens (primary N) is 1. The summed E-state index contributed by atoms with van der Waals surface area (Å²) < 4.78 is 17.1. The second-order valence-corrected chi connectivity index (χ2v) is 9.35. The van der Waals surface area contributed by atoms with Gasteiger partial charge in [-0.15, -0.1) is 0 Å². The highest BCUT2D eigenvalue weighted by Crippen LogP contribution is 2.25. The van der Waals surface area contributed by atoms with Gasteiger partial charge in [-0.3, -0.25) is 14.4 Å². The quantitative estimate of drug-likeness (QED) is 0.338. The summed E-state index contributed by atoms with van der Waals surface area (Å²) in [5, 5.41) is 16.5. The van der Waals surface area contributed by atoms with Gasteiger partial charge in [0, 0.05) is 31.4 Å². The van der Waals surface area contributed by atoms with Crippen LogP contribution in [0, 0.1) is 11.7 Å². The average molecular weight is 511 g/mol. The fraction of sp³-hybridized carbons (Fsp3) is 0.462. The van der Waals surface area contributed by atoms with Gasteiger partial charge in [-0.2, -0.15) is 9.49 Å². The van der Waals surface area contributed by atoms with E-state index in [2.05, 4.69) is 25.3 Å². The Balaban J connectivity index is 1.36. The molecule has 4 N–H and O–H groups in total. The van der Waals surface area contributed by atoms with E-state index >= 15 is 4.39 Å². The summed E-state index contributed by atoms with van der Waals surface area (Å²) in [6.45, 7) is 6.07. The largest absolute Gasteiger partial charge is 0.394 e. The summed E-state index contributed by atoms with van der Waals surface area (Å²) in [6, 6.07) is 8.07. The van der Waals surface area contributed by atoms with Crippen molar-refractivity contribution >= 4 is 17.5 Å². The third-order valence-electron chi connectivity index (χ3n) is 6.72. The lowest BCUT2D eigenvalue weighted by Gasteiger charge is -2.31. The number of hydrogen-bond donors (Lipinski definition) is 3. The SMILES string of the molecule is CCN(Cc1ccc(-c2cnn(CCO)c2)cc1)c1ncnc(NCC2CCN(CC(N)=O)CC2)c1F. The summed E-state index contributed by atoms with van der Waals surface area (Å²) in [5.41, 5.74) is 8.32. The predicted octanol–water partition coefficient (Wildman–Crippen LogP) is 2.11. The van der Waals surface area contributed by atoms with E-state index in [1.807, 2.05) is 42.3 Å². The molecule has 1 amide bonds. The van der Waals surface area contributed by atoms with Crippen molar-refractivity contribution < 1.29 is 14.3 Å². The Bertz CT molecular complexity index is 1160. The zero-order valence-corrected chi connectivity index (χ0v) is 21.2. The number of anilines is 2. The smallest absolute Gasteiger partial charge is 0.231 e. The molecule has 3 heterocycles. The Labute approximate surface area is 216 Å². The molecule has 0 aliphatic carbocycles. The number of carbonyl (C=O) groups excluding carboxylic acids is 1. The summed E-state index contributed by atoms with van der Waals surface area (Å²) in [4.78, 5) is 23.4. The van der Waals surface area contributed by atoms with Crippen molar-refractivity contribution in [1.29, 1.82) is 0 Å². The highest BCUT2D eigenvalue weighted by Gasteiger charge is 2.22. The first-order chi connectivity index (χ1) is 18.0. The fourth-order valence-electron chi connectivity index (χ4n) is 4.61. The van der Waals surface area contributed by atoms with Crippen LogP contribution in [0.3, 0.4) is 0 Å². The molecule has 1 aromatic carbocycles. The summed E-state index contributed by atoms with van der Waals surface area (Å²) in [6.07, 6.45) is 6.90. The highest BCUT2D eigenvalue weighted by atomic mass is 19.1. The lowest BCUT2D eigenvalue weighted by atomic mass is 9.97. The molecule has 1 aliphatic rings. The molecule has 0 spiro atoms. The van der Waals surface area contributed by atoms with Crippen LogP contribution in [0.1, 0.15) is 25.3 Å². The normalized spacial score (nSPS) is 14.6. The molecule has 37 heavy (non-hydrogen) atoms. The van der Waals surface area contributed by atoms with Crippen LogP contribution < -0.4 is 16.0 Å². The number of piperidine rings is 1. The van der Waals surface area contributed by atoms with Gasteiger partial charge in [0.05, 0.1) is 25.9 Å². The first-order valence-corrected chi connectivity index (χ1v) is 12.7. The van der Waals surface area contributed by atoms with Crippen LogP contribution in [0.25, 0.3) is 11.1 Å². The standard InChI is InChI=1S/C26H35FN8O2/c1-2-34(15-20-3-5-21(6-4-20)22-14-32-35(16-22)11-12-36)26-24(27)25(30-18-31-26)29-13-19-7-9-33(10-8-19)17-23(28)37/h3-6,14,16,18-19,36H,2,7-13,15,17H2,1H3,(H2,28,37)(H,29,30,31). The third-order valence-corrected chi connectivity index (χ3v) is 6.72. The van der Waals surface area contributed by atoms with Crippen molar-refractivity contribution in [2.45, 2.75) is 32.9 Å². The van der Waals surface area contributed by atoms with Gasteiger partial charge >= 0.3 is 0 Å². The van der Waals surface area contributed by atoms with Gasteiger partial charge in [0.2, 0.25) is 11.7 Å². The van der Waals surface area contributed by atoms with Gasteiger partial charge in [-0.1, -0.05) is 24.3 Å². The van der Waals surface area contributed by atoms with Crippen molar-refractivity contribution in [1.82, 2.24) is 24.6 Å². The Hall–Kier alpha value is -3.57. The van der Waals surface area contributed by atoms with Crippen molar-refractivity contribution in [2.24, 2.45) is 11.7 Å². The van der Waals surface area contributed by atoms with Gasteiger partial charge in [-0.05, 0) is 49.9 Å². The minimum Gasteiger partial charge on any atom is -0.394 e. The van der Waals surface area contributed by atoms with Crippen molar-refractivity contribution in [3.05, 3.63) is 54.4 Å². The predicted molar refractivity (Wildman–Crippen MR) is 140 cm³/mol. The lowest BCUT2D eigenvalue weighted by Crippen LogP contribution is -2.40. The molecule has 0 bridgehead atoms. The van der Waals surface area contributed by atoms with Crippen molar-refractivity contribution in [3.63, 3.8) is 0 Å². The Morgan fingerprint density at radius 2 is 1.97 bits per heavy atom. The number of carbonyl (C=O) groups is 1. The number of rotatable bonds is 12. The number of hydrogen-bond acceptors (Lipinski definition) is 8. The van der Waals surface area contributed by atoms with E-state index in [-0.39, 0.29) is 30.7 Å². The van der Waals surface area contributed by atoms with Gasteiger partial charge in [-0.25, -0.2) is 9.97 Å². The van der Waals surface area contributed by atoms with E-state index in [0.29, 0.717) is 32.1 Å². The molecule has 3 aromatic rings. The molecule has 1 saturated heterocycles. The molecule has 0 atom stereocenters. The number of aliphatic hydroxyl groups is 1. The Morgan fingerprint density at radius 3 is 2.65 bits per heavy atom. The van der Waals surface area contributed by atoms with Gasteiger partial charge < -0.3 is 21.1 Å². The van der Waals surface area contributed by atoms with Crippen LogP contribution in [-0.2, 0) is 17.9 Å². The maximum absolute atomic E-state index is 15.4. The van der Waals surface area contributed by atoms with Crippen LogP contribution in [0.4, 0.5) is 16.0 Å². The Kier molecular flexibility index (Phi) is 9.02. The maximum Gasteiger partial charge on any atom is 0.231 e. The maximum atomic E-state index is 15.4. The fourth-order valence-corrected chi connectivity index (χ4v) is 4.61. The number of halogens is 1. The van der Waals surface area contributed by atoms with Gasteiger partial charge in [0.1, 0.15) is 6.33 Å². The number of aliphatic hydroxyl groups excluding tert-OH is 1. The average Bonchev–Trinajstić information content (AvgIpc) is 3.37. The highest BCUT2D eigenvalue weighted by molar-refractivity contribution is 5.75. The minimum absolute atomic E-state index is 0.0431. The topological polar surface area (TPSA) is 125 Å². The Morgan fingerprint density at radius 1 is 1.22 bits per heavy atom. The number of aromatic nitrogens is 4. The van der Waals surface area contributed by atoms with E-state index in [4.69, 9.17) is 10.8 Å². The summed E-state index contributed by atoms with van der Waals surface area (Å²) in [5.74, 6) is 0.0839. The molecular formula is C26H35FN8O2. The molecule has 0 unspecified atom stereocenters. The zero-order chi connectivity index (χ0) is 26.2. The number of nitrogens with zero attached hydrogens (tertiary/aromatic N) is 6. The summed E-state index contributed by atoms with van der Waals surface area (Å²) in [7, 11) is 0. The minimum atomic E-state index is -0.455. The van der Waals surface area contributed by atoms with Gasteiger partial charge in [0.25, 0.3) is 0 Å². The van der Waals surface area contributed by atoms with E-state index in [1.165, 1.54) is 6.33 Å². The molecule has 0 saturated carbocycles. The number of primary amides is 1. The zero-order valence-electron chi connectivity index (χ0n) is 21.2. The molecule has 1 fully saturated rings. The first kappa shape index (κ1) is 26.5. The van der Waals surface area contributed by atoms with Crippen molar-refractivity contribution in [2.75, 3.05) is 49.5 Å². The molecule has 11 heteroatoms. The molecule has 0 radical (unpaired) electrons. The number of amides is 1. The van der Waals surface area contributed by atoms with E-state index < -0.39 is 5.82 Å². The van der Waals surface area contributed by atoms with E-state index in [0.717, 1.165) is 42.6 Å². The molecular weight excluding hydrogens is 475 g/mol.